The van der Waals surface area contributed by atoms with Gasteiger partial charge in [-0.15, -0.1) is 0 Å². The molecule has 7 heteroatoms. The monoisotopic (exact) mass is 339 g/mol. The Kier molecular flexibility index (Phi) is 3.56. The van der Waals surface area contributed by atoms with E-state index in [9.17, 15) is 14.4 Å². The van der Waals surface area contributed by atoms with Gasteiger partial charge in [-0.3, -0.25) is 19.7 Å². The van der Waals surface area contributed by atoms with E-state index in [1.807, 2.05) is 0 Å². The molecule has 1 aromatic rings. The maximum atomic E-state index is 12.6. The summed E-state index contributed by atoms with van der Waals surface area (Å²) in [5.41, 5.74) is 5.33. The number of nitrogens with zero attached hydrogens (tertiary/aromatic N) is 1. The zero-order valence-electron chi connectivity index (χ0n) is 11.1. The van der Waals surface area contributed by atoms with Crippen molar-refractivity contribution in [2.75, 3.05) is 12.3 Å². The van der Waals surface area contributed by atoms with Crippen molar-refractivity contribution < 1.29 is 14.4 Å². The lowest BCUT2D eigenvalue weighted by Crippen LogP contribution is -2.65. The molecule has 0 unspecified atom stereocenters. The second kappa shape index (κ2) is 4.90. The molecule has 1 aliphatic heterocycles. The molecule has 1 aliphatic rings. The number of nitrogen functional groups attached to an aromatic ring is 1. The lowest BCUT2D eigenvalue weighted by molar-refractivity contribution is -0.143. The van der Waals surface area contributed by atoms with Crippen LogP contribution in [0, 0.1) is 0 Å². The molecule has 1 aromatic carbocycles. The van der Waals surface area contributed by atoms with Crippen molar-refractivity contribution in [1.29, 1.82) is 0 Å². The molecule has 1 heterocycles. The van der Waals surface area contributed by atoms with Gasteiger partial charge < -0.3 is 10.6 Å². The van der Waals surface area contributed by atoms with E-state index in [4.69, 9.17) is 5.73 Å². The number of halogens is 1. The SMILES string of the molecule is CC1(C)C(=O)NC(=O)CN1C(=O)c1cc(N)ccc1Br. The third-order valence-corrected chi connectivity index (χ3v) is 3.94. The van der Waals surface area contributed by atoms with Crippen molar-refractivity contribution in [3.63, 3.8) is 0 Å². The first-order valence-corrected chi connectivity index (χ1v) is 6.74. The van der Waals surface area contributed by atoms with Crippen molar-refractivity contribution in [2.24, 2.45) is 0 Å². The van der Waals surface area contributed by atoms with Crippen LogP contribution in [-0.2, 0) is 9.59 Å². The van der Waals surface area contributed by atoms with Crippen LogP contribution in [0.15, 0.2) is 22.7 Å². The molecule has 3 amide bonds. The summed E-state index contributed by atoms with van der Waals surface area (Å²) in [6.45, 7) is 3.01. The number of piperazine rings is 1. The molecule has 106 valence electrons. The van der Waals surface area contributed by atoms with Gasteiger partial charge in [0, 0.05) is 10.2 Å². The van der Waals surface area contributed by atoms with E-state index in [2.05, 4.69) is 21.2 Å². The number of imide groups is 1. The van der Waals surface area contributed by atoms with E-state index in [1.54, 1.807) is 26.0 Å². The average molecular weight is 340 g/mol. The molecule has 0 radical (unpaired) electrons. The largest absolute Gasteiger partial charge is 0.399 e. The van der Waals surface area contributed by atoms with Crippen molar-refractivity contribution >= 4 is 39.3 Å². The van der Waals surface area contributed by atoms with Gasteiger partial charge in [0.05, 0.1) is 5.56 Å². The molecule has 0 spiro atoms. The first-order chi connectivity index (χ1) is 9.23. The Morgan fingerprint density at radius 3 is 2.70 bits per heavy atom. The molecule has 2 rings (SSSR count). The van der Waals surface area contributed by atoms with Gasteiger partial charge in [-0.25, -0.2) is 0 Å². The topological polar surface area (TPSA) is 92.5 Å². The molecule has 1 fully saturated rings. The molecule has 0 saturated carbocycles. The number of anilines is 1. The number of rotatable bonds is 1. The molecular weight excluding hydrogens is 326 g/mol. The van der Waals surface area contributed by atoms with Crippen LogP contribution < -0.4 is 11.1 Å². The van der Waals surface area contributed by atoms with Crippen molar-refractivity contribution in [1.82, 2.24) is 10.2 Å². The van der Waals surface area contributed by atoms with Gasteiger partial charge in [-0.1, -0.05) is 0 Å². The molecular formula is C13H14BrN3O3. The lowest BCUT2D eigenvalue weighted by atomic mass is 9.97. The second-order valence-corrected chi connectivity index (χ2v) is 5.92. The summed E-state index contributed by atoms with van der Waals surface area (Å²) < 4.78 is 0.561. The minimum absolute atomic E-state index is 0.168. The predicted octanol–water partition coefficient (Wildman–Crippen LogP) is 0.909. The number of carbonyl (C=O) groups is 3. The number of nitrogens with one attached hydrogen (secondary N) is 1. The van der Waals surface area contributed by atoms with Gasteiger partial charge in [-0.2, -0.15) is 0 Å². The van der Waals surface area contributed by atoms with Crippen molar-refractivity contribution in [2.45, 2.75) is 19.4 Å². The summed E-state index contributed by atoms with van der Waals surface area (Å²) in [4.78, 5) is 37.2. The van der Waals surface area contributed by atoms with Crippen LogP contribution in [-0.4, -0.2) is 34.7 Å². The minimum atomic E-state index is -1.10. The third-order valence-electron chi connectivity index (χ3n) is 3.25. The number of hydrogen-bond acceptors (Lipinski definition) is 4. The average Bonchev–Trinajstić information content (AvgIpc) is 2.36. The highest BCUT2D eigenvalue weighted by Gasteiger charge is 2.44. The van der Waals surface area contributed by atoms with Crippen LogP contribution in [0.1, 0.15) is 24.2 Å². The van der Waals surface area contributed by atoms with Gasteiger partial charge in [0.1, 0.15) is 12.1 Å². The zero-order chi connectivity index (χ0) is 15.1. The fourth-order valence-electron chi connectivity index (χ4n) is 1.96. The van der Waals surface area contributed by atoms with Crippen molar-refractivity contribution in [3.05, 3.63) is 28.2 Å². The Morgan fingerprint density at radius 2 is 2.05 bits per heavy atom. The Balaban J connectivity index is 2.43. The number of benzene rings is 1. The third kappa shape index (κ3) is 2.40. The molecule has 1 saturated heterocycles. The highest BCUT2D eigenvalue weighted by molar-refractivity contribution is 9.10. The lowest BCUT2D eigenvalue weighted by Gasteiger charge is -2.40. The Labute approximate surface area is 124 Å². The smallest absolute Gasteiger partial charge is 0.256 e. The summed E-state index contributed by atoms with van der Waals surface area (Å²) in [5.74, 6) is -1.41. The maximum Gasteiger partial charge on any atom is 0.256 e. The Morgan fingerprint density at radius 1 is 1.40 bits per heavy atom. The van der Waals surface area contributed by atoms with E-state index < -0.39 is 23.3 Å². The van der Waals surface area contributed by atoms with Crippen LogP contribution >= 0.6 is 15.9 Å². The van der Waals surface area contributed by atoms with Gasteiger partial charge >= 0.3 is 0 Å². The van der Waals surface area contributed by atoms with E-state index in [-0.39, 0.29) is 6.54 Å². The van der Waals surface area contributed by atoms with Gasteiger partial charge in [0.15, 0.2) is 0 Å². The van der Waals surface area contributed by atoms with E-state index in [0.29, 0.717) is 15.7 Å². The molecule has 6 nitrogen and oxygen atoms in total. The fraction of sp³-hybridized carbons (Fsp3) is 0.308. The van der Waals surface area contributed by atoms with Crippen LogP contribution in [0.5, 0.6) is 0 Å². The number of amides is 3. The van der Waals surface area contributed by atoms with Gasteiger partial charge in [-0.05, 0) is 48.0 Å². The highest BCUT2D eigenvalue weighted by Crippen LogP contribution is 2.26. The summed E-state index contributed by atoms with van der Waals surface area (Å²) in [5, 5.41) is 2.22. The Hall–Kier alpha value is -1.89. The second-order valence-electron chi connectivity index (χ2n) is 5.07. The van der Waals surface area contributed by atoms with Gasteiger partial charge in [0.25, 0.3) is 11.8 Å². The normalized spacial score (nSPS) is 17.9. The maximum absolute atomic E-state index is 12.6. The summed E-state index contributed by atoms with van der Waals surface area (Å²) >= 11 is 3.28. The van der Waals surface area contributed by atoms with Crippen LogP contribution in [0.4, 0.5) is 5.69 Å². The Bertz CT molecular complexity index is 613. The van der Waals surface area contributed by atoms with E-state index in [1.165, 1.54) is 11.0 Å². The zero-order valence-corrected chi connectivity index (χ0v) is 12.7. The first kappa shape index (κ1) is 14.5. The fourth-order valence-corrected chi connectivity index (χ4v) is 2.38. The molecule has 20 heavy (non-hydrogen) atoms. The molecule has 0 aliphatic carbocycles. The van der Waals surface area contributed by atoms with Crippen LogP contribution in [0.3, 0.4) is 0 Å². The molecule has 0 bridgehead atoms. The summed E-state index contributed by atoms with van der Waals surface area (Å²) in [6.07, 6.45) is 0. The molecule has 0 aromatic heterocycles. The summed E-state index contributed by atoms with van der Waals surface area (Å²) in [6, 6.07) is 4.82. The first-order valence-electron chi connectivity index (χ1n) is 5.95. The summed E-state index contributed by atoms with van der Waals surface area (Å²) in [7, 11) is 0. The van der Waals surface area contributed by atoms with Crippen molar-refractivity contribution in [3.8, 4) is 0 Å². The van der Waals surface area contributed by atoms with Crippen LogP contribution in [0.2, 0.25) is 0 Å². The van der Waals surface area contributed by atoms with E-state index >= 15 is 0 Å². The molecule has 0 atom stereocenters. The van der Waals surface area contributed by atoms with Gasteiger partial charge in [0.2, 0.25) is 5.91 Å². The molecule has 3 N–H and O–H groups in total. The van der Waals surface area contributed by atoms with E-state index in [0.717, 1.165) is 0 Å². The quantitative estimate of drug-likeness (QED) is 0.587. The number of nitrogens with two attached hydrogens (primary N) is 1. The number of hydrogen-bond donors (Lipinski definition) is 2. The predicted molar refractivity (Wildman–Crippen MR) is 76.8 cm³/mol. The minimum Gasteiger partial charge on any atom is -0.399 e. The highest BCUT2D eigenvalue weighted by atomic mass is 79.9. The number of carbonyl (C=O) groups excluding carboxylic acids is 3. The van der Waals surface area contributed by atoms with Crippen LogP contribution in [0.25, 0.3) is 0 Å². The standard InChI is InChI=1S/C13H14BrN3O3/c1-13(2)12(20)16-10(18)6-17(13)11(19)8-5-7(15)3-4-9(8)14/h3-5H,6,15H2,1-2H3,(H,16,18,20).